The van der Waals surface area contributed by atoms with Crippen LogP contribution in [0.1, 0.15) is 61.3 Å². The molecule has 1 aromatic carbocycles. The second-order valence-corrected chi connectivity index (χ2v) is 8.61. The summed E-state index contributed by atoms with van der Waals surface area (Å²) in [5.41, 5.74) is 2.45. The van der Waals surface area contributed by atoms with Crippen LogP contribution in [0.5, 0.6) is 0 Å². The van der Waals surface area contributed by atoms with E-state index in [4.69, 9.17) is 4.74 Å². The van der Waals surface area contributed by atoms with Gasteiger partial charge in [0.2, 0.25) is 0 Å². The Balaban J connectivity index is 1.58. The first-order chi connectivity index (χ1) is 13.7. The van der Waals surface area contributed by atoms with Gasteiger partial charge in [0.05, 0.1) is 0 Å². The summed E-state index contributed by atoms with van der Waals surface area (Å²) in [5.74, 6) is -0.0761. The predicted molar refractivity (Wildman–Crippen MR) is 113 cm³/mol. The lowest BCUT2D eigenvalue weighted by Crippen LogP contribution is -2.42. The van der Waals surface area contributed by atoms with Crippen molar-refractivity contribution in [1.82, 2.24) is 14.8 Å². The highest BCUT2D eigenvalue weighted by molar-refractivity contribution is 5.92. The van der Waals surface area contributed by atoms with E-state index in [-0.39, 0.29) is 18.0 Å². The lowest BCUT2D eigenvalue weighted by molar-refractivity contribution is 0.0187. The number of aryl methyl sites for hydroxylation is 1. The van der Waals surface area contributed by atoms with E-state index in [1.165, 1.54) is 0 Å². The fourth-order valence-electron chi connectivity index (χ4n) is 3.63. The molecule has 2 heterocycles. The van der Waals surface area contributed by atoms with Crippen LogP contribution in [0.15, 0.2) is 42.6 Å². The second kappa shape index (κ2) is 8.72. The molecule has 0 radical (unpaired) electrons. The summed E-state index contributed by atoms with van der Waals surface area (Å²) in [7, 11) is 0. The molecule has 0 unspecified atom stereocenters. The van der Waals surface area contributed by atoms with Crippen molar-refractivity contribution in [2.75, 3.05) is 13.1 Å². The maximum Gasteiger partial charge on any atom is 0.410 e. The molecule has 0 bridgehead atoms. The van der Waals surface area contributed by atoms with Crippen LogP contribution in [-0.4, -0.2) is 40.2 Å². The molecule has 29 heavy (non-hydrogen) atoms. The topological polar surface area (TPSA) is 63.6 Å². The van der Waals surface area contributed by atoms with E-state index in [1.54, 1.807) is 4.90 Å². The first-order valence-electron chi connectivity index (χ1n) is 10.2. The number of aromatic nitrogens is 1. The Morgan fingerprint density at radius 1 is 1.10 bits per heavy atom. The summed E-state index contributed by atoms with van der Waals surface area (Å²) in [4.78, 5) is 26.8. The van der Waals surface area contributed by atoms with Crippen molar-refractivity contribution < 1.29 is 14.3 Å². The van der Waals surface area contributed by atoms with Gasteiger partial charge in [-0.1, -0.05) is 24.3 Å². The summed E-state index contributed by atoms with van der Waals surface area (Å²) in [6.45, 7) is 9.43. The van der Waals surface area contributed by atoms with Crippen molar-refractivity contribution >= 4 is 12.0 Å². The SMILES string of the molecule is Cc1ccccc1CNC(=O)c1cccn1C1CCN(C(=O)OC(C)(C)C)CC1. The fourth-order valence-corrected chi connectivity index (χ4v) is 3.63. The van der Waals surface area contributed by atoms with E-state index in [1.807, 2.05) is 74.9 Å². The normalized spacial score (nSPS) is 15.2. The van der Waals surface area contributed by atoms with Gasteiger partial charge in [-0.05, 0) is 63.8 Å². The van der Waals surface area contributed by atoms with Crippen LogP contribution in [-0.2, 0) is 11.3 Å². The third kappa shape index (κ3) is 5.40. The second-order valence-electron chi connectivity index (χ2n) is 8.61. The number of benzene rings is 1. The van der Waals surface area contributed by atoms with Crippen molar-refractivity contribution in [2.24, 2.45) is 0 Å². The van der Waals surface area contributed by atoms with E-state index < -0.39 is 5.60 Å². The zero-order valence-electron chi connectivity index (χ0n) is 17.8. The predicted octanol–water partition coefficient (Wildman–Crippen LogP) is 4.30. The standard InChI is InChI=1S/C23H31N3O3/c1-17-8-5-6-9-18(17)16-24-21(27)20-10-7-13-26(20)19-11-14-25(15-12-19)22(28)29-23(2,3)4/h5-10,13,19H,11-12,14-16H2,1-4H3,(H,24,27). The highest BCUT2D eigenvalue weighted by Gasteiger charge is 2.28. The monoisotopic (exact) mass is 397 g/mol. The van der Waals surface area contributed by atoms with Gasteiger partial charge in [0, 0.05) is 31.9 Å². The highest BCUT2D eigenvalue weighted by Crippen LogP contribution is 2.25. The maximum atomic E-state index is 12.8. The lowest BCUT2D eigenvalue weighted by Gasteiger charge is -2.34. The Kier molecular flexibility index (Phi) is 6.30. The Hall–Kier alpha value is -2.76. The smallest absolute Gasteiger partial charge is 0.410 e. The Bertz CT molecular complexity index is 858. The molecule has 0 saturated carbocycles. The Labute approximate surface area is 172 Å². The first-order valence-corrected chi connectivity index (χ1v) is 10.2. The average molecular weight is 398 g/mol. The molecule has 3 rings (SSSR count). The number of hydrogen-bond donors (Lipinski definition) is 1. The first kappa shape index (κ1) is 21.0. The minimum absolute atomic E-state index is 0.0761. The van der Waals surface area contributed by atoms with Gasteiger partial charge < -0.3 is 19.5 Å². The third-order valence-corrected chi connectivity index (χ3v) is 5.22. The van der Waals surface area contributed by atoms with Crippen molar-refractivity contribution in [3.05, 3.63) is 59.4 Å². The van der Waals surface area contributed by atoms with Crippen molar-refractivity contribution in [1.29, 1.82) is 0 Å². The number of nitrogens with one attached hydrogen (secondary N) is 1. The number of carbonyl (C=O) groups is 2. The van der Waals surface area contributed by atoms with Crippen LogP contribution in [0.25, 0.3) is 0 Å². The molecule has 1 aliphatic rings. The molecule has 0 atom stereocenters. The number of likely N-dealkylation sites (tertiary alicyclic amines) is 1. The van der Waals surface area contributed by atoms with Crippen LogP contribution in [0.3, 0.4) is 0 Å². The number of amides is 2. The third-order valence-electron chi connectivity index (χ3n) is 5.22. The Morgan fingerprint density at radius 2 is 1.79 bits per heavy atom. The minimum atomic E-state index is -0.489. The maximum absolute atomic E-state index is 12.8. The summed E-state index contributed by atoms with van der Waals surface area (Å²) >= 11 is 0. The number of rotatable bonds is 4. The molecule has 1 aromatic heterocycles. The average Bonchev–Trinajstić information content (AvgIpc) is 3.16. The summed E-state index contributed by atoms with van der Waals surface area (Å²) < 4.78 is 7.51. The Morgan fingerprint density at radius 3 is 2.45 bits per heavy atom. The van der Waals surface area contributed by atoms with Gasteiger partial charge >= 0.3 is 6.09 Å². The summed E-state index contributed by atoms with van der Waals surface area (Å²) in [6, 6.07) is 12.0. The van der Waals surface area contributed by atoms with Crippen LogP contribution < -0.4 is 5.32 Å². The van der Waals surface area contributed by atoms with E-state index in [0.717, 1.165) is 24.0 Å². The molecule has 0 spiro atoms. The van der Waals surface area contributed by atoms with E-state index in [0.29, 0.717) is 25.3 Å². The molecule has 156 valence electrons. The fraction of sp³-hybridized carbons (Fsp3) is 0.478. The zero-order valence-corrected chi connectivity index (χ0v) is 17.8. The molecule has 0 aliphatic carbocycles. The molecule has 6 nitrogen and oxygen atoms in total. The molecule has 6 heteroatoms. The minimum Gasteiger partial charge on any atom is -0.444 e. The molecule has 2 aromatic rings. The molecule has 1 aliphatic heterocycles. The number of hydrogen-bond acceptors (Lipinski definition) is 3. The van der Waals surface area contributed by atoms with Gasteiger partial charge in [-0.2, -0.15) is 0 Å². The van der Waals surface area contributed by atoms with Crippen molar-refractivity contribution in [3.8, 4) is 0 Å². The van der Waals surface area contributed by atoms with Gasteiger partial charge in [0.1, 0.15) is 11.3 Å². The largest absolute Gasteiger partial charge is 0.444 e. The van der Waals surface area contributed by atoms with Crippen LogP contribution >= 0.6 is 0 Å². The summed E-state index contributed by atoms with van der Waals surface area (Å²) in [5, 5.41) is 3.03. The van der Waals surface area contributed by atoms with Crippen LogP contribution in [0.2, 0.25) is 0 Å². The quantitative estimate of drug-likeness (QED) is 0.837. The van der Waals surface area contributed by atoms with Gasteiger partial charge in [0.25, 0.3) is 5.91 Å². The lowest BCUT2D eigenvalue weighted by atomic mass is 10.0. The number of carbonyl (C=O) groups excluding carboxylic acids is 2. The number of piperidine rings is 1. The van der Waals surface area contributed by atoms with Crippen LogP contribution in [0.4, 0.5) is 4.79 Å². The van der Waals surface area contributed by atoms with Crippen LogP contribution in [0, 0.1) is 6.92 Å². The van der Waals surface area contributed by atoms with E-state index in [2.05, 4.69) is 5.32 Å². The number of ether oxygens (including phenoxy) is 1. The molecule has 1 saturated heterocycles. The zero-order chi connectivity index (χ0) is 21.0. The summed E-state index contributed by atoms with van der Waals surface area (Å²) in [6.07, 6.45) is 3.29. The number of nitrogens with zero attached hydrogens (tertiary/aromatic N) is 2. The van der Waals surface area contributed by atoms with Gasteiger partial charge in [-0.25, -0.2) is 4.79 Å². The van der Waals surface area contributed by atoms with Gasteiger partial charge in [-0.15, -0.1) is 0 Å². The van der Waals surface area contributed by atoms with Crippen molar-refractivity contribution in [3.63, 3.8) is 0 Å². The molecule has 2 amide bonds. The molecular weight excluding hydrogens is 366 g/mol. The van der Waals surface area contributed by atoms with Gasteiger partial charge in [-0.3, -0.25) is 4.79 Å². The highest BCUT2D eigenvalue weighted by atomic mass is 16.6. The van der Waals surface area contributed by atoms with Gasteiger partial charge in [0.15, 0.2) is 0 Å². The van der Waals surface area contributed by atoms with Crippen molar-refractivity contribution in [2.45, 2.75) is 58.7 Å². The van der Waals surface area contributed by atoms with E-state index in [9.17, 15) is 9.59 Å². The molecule has 1 fully saturated rings. The molecule has 1 N–H and O–H groups in total. The van der Waals surface area contributed by atoms with E-state index >= 15 is 0 Å². The molecular formula is C23H31N3O3.